The molecule has 0 aliphatic rings. The fourth-order valence-corrected chi connectivity index (χ4v) is 2.58. The van der Waals surface area contributed by atoms with Crippen LogP contribution < -0.4 is 5.32 Å². The van der Waals surface area contributed by atoms with Crippen molar-refractivity contribution in [2.75, 3.05) is 10.6 Å². The number of hydrogen-bond acceptors (Lipinski definition) is 1. The molecule has 0 radical (unpaired) electrons. The molecule has 0 heterocycles. The molecule has 0 aliphatic carbocycles. The number of amides is 1. The van der Waals surface area contributed by atoms with E-state index in [0.717, 1.165) is 29.4 Å². The lowest BCUT2D eigenvalue weighted by molar-refractivity contribution is -0.115. The second-order valence-corrected chi connectivity index (χ2v) is 6.01. The Morgan fingerprint density at radius 2 is 1.95 bits per heavy atom. The van der Waals surface area contributed by atoms with E-state index in [1.54, 1.807) is 6.07 Å². The van der Waals surface area contributed by atoms with Crippen molar-refractivity contribution in [1.29, 1.82) is 0 Å². The highest BCUT2D eigenvalue weighted by atomic mass is 79.9. The van der Waals surface area contributed by atoms with E-state index in [1.165, 1.54) is 5.56 Å². The van der Waals surface area contributed by atoms with Gasteiger partial charge in [-0.15, -0.1) is 0 Å². The van der Waals surface area contributed by atoms with Crippen molar-refractivity contribution in [3.8, 4) is 0 Å². The van der Waals surface area contributed by atoms with Crippen molar-refractivity contribution in [3.05, 3.63) is 64.7 Å². The number of carbonyl (C=O) groups excluding carboxylic acids is 1. The molecular formula is C17H17BrClNO. The zero-order valence-corrected chi connectivity index (χ0v) is 14.0. The van der Waals surface area contributed by atoms with Crippen LogP contribution in [-0.4, -0.2) is 11.2 Å². The summed E-state index contributed by atoms with van der Waals surface area (Å²) in [5.74, 6) is -0.0549. The van der Waals surface area contributed by atoms with E-state index in [0.29, 0.717) is 5.02 Å². The summed E-state index contributed by atoms with van der Waals surface area (Å²) < 4.78 is 0. The van der Waals surface area contributed by atoms with Crippen LogP contribution in [0.15, 0.2) is 48.5 Å². The Balaban J connectivity index is 1.98. The summed E-state index contributed by atoms with van der Waals surface area (Å²) in [5, 5.41) is 4.53. The van der Waals surface area contributed by atoms with Crippen molar-refractivity contribution >= 4 is 39.1 Å². The quantitative estimate of drug-likeness (QED) is 0.728. The normalized spacial score (nSPS) is 10.4. The number of anilines is 1. The van der Waals surface area contributed by atoms with Crippen LogP contribution in [0.4, 0.5) is 5.69 Å². The van der Waals surface area contributed by atoms with Gasteiger partial charge in [0.1, 0.15) is 0 Å². The Bertz CT molecular complexity index is 615. The SMILES string of the molecule is O=C(Cc1ccccc1Cl)Nc1cccc(CCCBr)c1. The minimum absolute atomic E-state index is 0.0549. The smallest absolute Gasteiger partial charge is 0.228 e. The van der Waals surface area contributed by atoms with E-state index in [1.807, 2.05) is 36.4 Å². The number of benzene rings is 2. The third kappa shape index (κ3) is 5.18. The van der Waals surface area contributed by atoms with Gasteiger partial charge in [0, 0.05) is 16.0 Å². The van der Waals surface area contributed by atoms with Gasteiger partial charge in [0.15, 0.2) is 0 Å². The lowest BCUT2D eigenvalue weighted by atomic mass is 10.1. The second kappa shape index (κ2) is 8.20. The summed E-state index contributed by atoms with van der Waals surface area (Å²) in [4.78, 5) is 12.1. The molecular weight excluding hydrogens is 350 g/mol. The monoisotopic (exact) mass is 365 g/mol. The lowest BCUT2D eigenvalue weighted by Crippen LogP contribution is -2.14. The zero-order chi connectivity index (χ0) is 15.1. The van der Waals surface area contributed by atoms with Gasteiger partial charge in [-0.05, 0) is 42.2 Å². The fraction of sp³-hybridized carbons (Fsp3) is 0.235. The maximum atomic E-state index is 12.1. The molecule has 0 spiro atoms. The van der Waals surface area contributed by atoms with Crippen molar-refractivity contribution in [2.45, 2.75) is 19.3 Å². The third-order valence-corrected chi connectivity index (χ3v) is 4.05. The van der Waals surface area contributed by atoms with Crippen LogP contribution in [0.3, 0.4) is 0 Å². The molecule has 0 unspecified atom stereocenters. The average Bonchev–Trinajstić information content (AvgIpc) is 2.48. The number of carbonyl (C=O) groups is 1. The highest BCUT2D eigenvalue weighted by Gasteiger charge is 2.07. The molecule has 0 bridgehead atoms. The first-order valence-electron chi connectivity index (χ1n) is 6.87. The second-order valence-electron chi connectivity index (χ2n) is 4.81. The first-order chi connectivity index (χ1) is 10.2. The molecule has 4 heteroatoms. The lowest BCUT2D eigenvalue weighted by Gasteiger charge is -2.08. The van der Waals surface area contributed by atoms with Gasteiger partial charge in [-0.1, -0.05) is 57.9 Å². The number of rotatable bonds is 6. The Morgan fingerprint density at radius 3 is 2.71 bits per heavy atom. The standard InChI is InChI=1S/C17H17BrClNO/c18-10-4-6-13-5-3-8-15(11-13)20-17(21)12-14-7-1-2-9-16(14)19/h1-3,5,7-9,11H,4,6,10,12H2,(H,20,21). The molecule has 0 saturated carbocycles. The minimum Gasteiger partial charge on any atom is -0.326 e. The van der Waals surface area contributed by atoms with Crippen LogP contribution in [0.2, 0.25) is 5.02 Å². The Kier molecular flexibility index (Phi) is 6.27. The number of hydrogen-bond donors (Lipinski definition) is 1. The molecule has 1 N–H and O–H groups in total. The van der Waals surface area contributed by atoms with Gasteiger partial charge >= 0.3 is 0 Å². The maximum absolute atomic E-state index is 12.1. The van der Waals surface area contributed by atoms with Gasteiger partial charge in [0.25, 0.3) is 0 Å². The van der Waals surface area contributed by atoms with Gasteiger partial charge in [0.05, 0.1) is 6.42 Å². The molecule has 0 aromatic heterocycles. The predicted octanol–water partition coefficient (Wildman–Crippen LogP) is 4.85. The summed E-state index contributed by atoms with van der Waals surface area (Å²) in [6.07, 6.45) is 2.36. The number of alkyl halides is 1. The van der Waals surface area contributed by atoms with E-state index in [4.69, 9.17) is 11.6 Å². The van der Waals surface area contributed by atoms with Crippen LogP contribution in [0.5, 0.6) is 0 Å². The number of halogens is 2. The first-order valence-corrected chi connectivity index (χ1v) is 8.37. The summed E-state index contributed by atoms with van der Waals surface area (Å²) in [6.45, 7) is 0. The minimum atomic E-state index is -0.0549. The van der Waals surface area contributed by atoms with Crippen molar-refractivity contribution in [2.24, 2.45) is 0 Å². The number of aryl methyl sites for hydroxylation is 1. The average molecular weight is 367 g/mol. The van der Waals surface area contributed by atoms with Crippen molar-refractivity contribution in [1.82, 2.24) is 0 Å². The van der Waals surface area contributed by atoms with Gasteiger partial charge in [-0.25, -0.2) is 0 Å². The van der Waals surface area contributed by atoms with Gasteiger partial charge < -0.3 is 5.32 Å². The summed E-state index contributed by atoms with van der Waals surface area (Å²) in [5.41, 5.74) is 2.90. The van der Waals surface area contributed by atoms with Crippen LogP contribution in [0.1, 0.15) is 17.5 Å². The molecule has 2 rings (SSSR count). The first kappa shape index (κ1) is 16.1. The largest absolute Gasteiger partial charge is 0.326 e. The summed E-state index contributed by atoms with van der Waals surface area (Å²) >= 11 is 9.50. The highest BCUT2D eigenvalue weighted by Crippen LogP contribution is 2.17. The molecule has 1 amide bonds. The van der Waals surface area contributed by atoms with Gasteiger partial charge in [-0.2, -0.15) is 0 Å². The Labute approximate surface area is 138 Å². The van der Waals surface area contributed by atoms with Crippen molar-refractivity contribution < 1.29 is 4.79 Å². The Hall–Kier alpha value is -1.32. The molecule has 110 valence electrons. The molecule has 0 atom stereocenters. The molecule has 2 aromatic rings. The fourth-order valence-electron chi connectivity index (χ4n) is 2.10. The zero-order valence-electron chi connectivity index (χ0n) is 11.6. The molecule has 2 nitrogen and oxygen atoms in total. The number of nitrogens with one attached hydrogen (secondary N) is 1. The topological polar surface area (TPSA) is 29.1 Å². The van der Waals surface area contributed by atoms with Crippen LogP contribution in [-0.2, 0) is 17.6 Å². The summed E-state index contributed by atoms with van der Waals surface area (Å²) in [6, 6.07) is 15.4. The summed E-state index contributed by atoms with van der Waals surface area (Å²) in [7, 11) is 0. The third-order valence-electron chi connectivity index (χ3n) is 3.12. The van der Waals surface area contributed by atoms with E-state index in [-0.39, 0.29) is 12.3 Å². The highest BCUT2D eigenvalue weighted by molar-refractivity contribution is 9.09. The predicted molar refractivity (Wildman–Crippen MR) is 92.3 cm³/mol. The molecule has 2 aromatic carbocycles. The van der Waals surface area contributed by atoms with E-state index in [9.17, 15) is 4.79 Å². The van der Waals surface area contributed by atoms with E-state index < -0.39 is 0 Å². The maximum Gasteiger partial charge on any atom is 0.228 e. The van der Waals surface area contributed by atoms with Gasteiger partial charge in [0.2, 0.25) is 5.91 Å². The van der Waals surface area contributed by atoms with Crippen LogP contribution >= 0.6 is 27.5 Å². The van der Waals surface area contributed by atoms with E-state index in [2.05, 4.69) is 27.3 Å². The molecule has 0 fully saturated rings. The molecule has 0 saturated heterocycles. The van der Waals surface area contributed by atoms with E-state index >= 15 is 0 Å². The molecule has 21 heavy (non-hydrogen) atoms. The van der Waals surface area contributed by atoms with Gasteiger partial charge in [-0.3, -0.25) is 4.79 Å². The molecule has 0 aliphatic heterocycles. The van der Waals surface area contributed by atoms with Crippen LogP contribution in [0, 0.1) is 0 Å². The Morgan fingerprint density at radius 1 is 1.14 bits per heavy atom. The van der Waals surface area contributed by atoms with Crippen molar-refractivity contribution in [3.63, 3.8) is 0 Å². The van der Waals surface area contributed by atoms with Crippen LogP contribution in [0.25, 0.3) is 0 Å².